The zero-order valence-electron chi connectivity index (χ0n) is 6.81. The highest BCUT2D eigenvalue weighted by Crippen LogP contribution is 1.96. The van der Waals surface area contributed by atoms with E-state index in [0.717, 1.165) is 31.0 Å². The van der Waals surface area contributed by atoms with Gasteiger partial charge in [0.2, 0.25) is 0 Å². The standard InChI is InChI=1S/C9H15NS/c1-3-5-6-10-7-9-11-8-4-2/h1,4,10H,2,5-9H2. The van der Waals surface area contributed by atoms with Gasteiger partial charge in [-0.25, -0.2) is 0 Å². The zero-order valence-corrected chi connectivity index (χ0v) is 7.62. The van der Waals surface area contributed by atoms with Crippen LogP contribution < -0.4 is 5.32 Å². The molecule has 0 saturated carbocycles. The third-order valence-corrected chi connectivity index (χ3v) is 2.07. The Labute approximate surface area is 73.6 Å². The molecular weight excluding hydrogens is 154 g/mol. The highest BCUT2D eigenvalue weighted by atomic mass is 32.2. The quantitative estimate of drug-likeness (QED) is 0.352. The number of hydrogen-bond donors (Lipinski definition) is 1. The van der Waals surface area contributed by atoms with Gasteiger partial charge in [-0.15, -0.1) is 18.9 Å². The fourth-order valence-corrected chi connectivity index (χ4v) is 1.22. The van der Waals surface area contributed by atoms with Gasteiger partial charge in [0.25, 0.3) is 0 Å². The molecule has 0 aromatic heterocycles. The summed E-state index contributed by atoms with van der Waals surface area (Å²) >= 11 is 1.88. The van der Waals surface area contributed by atoms with Crippen LogP contribution in [0.25, 0.3) is 0 Å². The normalized spacial score (nSPS) is 9.00. The van der Waals surface area contributed by atoms with Crippen molar-refractivity contribution in [2.45, 2.75) is 6.42 Å². The molecule has 0 aliphatic rings. The molecule has 0 aliphatic carbocycles. The summed E-state index contributed by atoms with van der Waals surface area (Å²) < 4.78 is 0. The highest BCUT2D eigenvalue weighted by Gasteiger charge is 1.85. The number of nitrogens with one attached hydrogen (secondary N) is 1. The van der Waals surface area contributed by atoms with E-state index in [1.807, 2.05) is 17.8 Å². The first-order chi connectivity index (χ1) is 5.41. The van der Waals surface area contributed by atoms with Crippen molar-refractivity contribution in [3.63, 3.8) is 0 Å². The largest absolute Gasteiger partial charge is 0.315 e. The molecule has 0 saturated heterocycles. The summed E-state index contributed by atoms with van der Waals surface area (Å²) in [6.45, 7) is 5.62. The third-order valence-electron chi connectivity index (χ3n) is 1.10. The van der Waals surface area contributed by atoms with E-state index in [0.29, 0.717) is 0 Å². The van der Waals surface area contributed by atoms with Gasteiger partial charge in [-0.1, -0.05) is 6.08 Å². The maximum absolute atomic E-state index is 5.08. The Morgan fingerprint density at radius 2 is 2.36 bits per heavy atom. The molecule has 62 valence electrons. The molecule has 0 unspecified atom stereocenters. The van der Waals surface area contributed by atoms with E-state index >= 15 is 0 Å². The van der Waals surface area contributed by atoms with Crippen molar-refractivity contribution in [2.24, 2.45) is 0 Å². The van der Waals surface area contributed by atoms with Crippen LogP contribution >= 0.6 is 11.8 Å². The van der Waals surface area contributed by atoms with Gasteiger partial charge in [0.05, 0.1) is 0 Å². The highest BCUT2D eigenvalue weighted by molar-refractivity contribution is 7.99. The zero-order chi connectivity index (χ0) is 8.36. The summed E-state index contributed by atoms with van der Waals surface area (Å²) in [5.74, 6) is 4.76. The average molecular weight is 169 g/mol. The minimum atomic E-state index is 0.826. The topological polar surface area (TPSA) is 12.0 Å². The summed E-state index contributed by atoms with van der Waals surface area (Å²) in [4.78, 5) is 0. The monoisotopic (exact) mass is 169 g/mol. The Morgan fingerprint density at radius 1 is 1.55 bits per heavy atom. The first-order valence-corrected chi connectivity index (χ1v) is 4.90. The molecule has 0 radical (unpaired) electrons. The Hall–Kier alpha value is -0.390. The van der Waals surface area contributed by atoms with Gasteiger partial charge >= 0.3 is 0 Å². The summed E-state index contributed by atoms with van der Waals surface area (Å²) in [7, 11) is 0. The third kappa shape index (κ3) is 9.61. The van der Waals surface area contributed by atoms with Crippen molar-refractivity contribution in [1.29, 1.82) is 0 Å². The summed E-state index contributed by atoms with van der Waals surface area (Å²) in [6, 6.07) is 0. The van der Waals surface area contributed by atoms with Crippen molar-refractivity contribution < 1.29 is 0 Å². The van der Waals surface area contributed by atoms with Crippen LogP contribution in [0.5, 0.6) is 0 Å². The molecule has 0 aliphatic heterocycles. The molecule has 0 spiro atoms. The van der Waals surface area contributed by atoms with Crippen LogP contribution in [0.3, 0.4) is 0 Å². The van der Waals surface area contributed by atoms with E-state index in [1.54, 1.807) is 0 Å². The van der Waals surface area contributed by atoms with Crippen LogP contribution in [0.2, 0.25) is 0 Å². The minimum Gasteiger partial charge on any atom is -0.315 e. The van der Waals surface area contributed by atoms with Gasteiger partial charge in [0.15, 0.2) is 0 Å². The molecule has 11 heavy (non-hydrogen) atoms. The number of terminal acetylenes is 1. The van der Waals surface area contributed by atoms with Crippen LogP contribution in [-0.2, 0) is 0 Å². The van der Waals surface area contributed by atoms with E-state index in [4.69, 9.17) is 6.42 Å². The van der Waals surface area contributed by atoms with Crippen molar-refractivity contribution in [3.8, 4) is 12.3 Å². The van der Waals surface area contributed by atoms with E-state index in [1.165, 1.54) is 0 Å². The average Bonchev–Trinajstić information content (AvgIpc) is 2.03. The number of hydrogen-bond acceptors (Lipinski definition) is 2. The second-order valence-electron chi connectivity index (χ2n) is 2.07. The van der Waals surface area contributed by atoms with E-state index in [2.05, 4.69) is 17.8 Å². The first kappa shape index (κ1) is 10.6. The lowest BCUT2D eigenvalue weighted by Gasteiger charge is -1.99. The van der Waals surface area contributed by atoms with Crippen molar-refractivity contribution >= 4 is 11.8 Å². The second-order valence-corrected chi connectivity index (χ2v) is 3.22. The molecule has 0 aromatic rings. The maximum atomic E-state index is 5.08. The Morgan fingerprint density at radius 3 is 3.00 bits per heavy atom. The van der Waals surface area contributed by atoms with Gasteiger partial charge in [-0.3, -0.25) is 0 Å². The van der Waals surface area contributed by atoms with Gasteiger partial charge in [0.1, 0.15) is 0 Å². The molecule has 1 N–H and O–H groups in total. The molecule has 0 rings (SSSR count). The predicted molar refractivity (Wildman–Crippen MR) is 53.8 cm³/mol. The molecule has 0 fully saturated rings. The smallest absolute Gasteiger partial charge is 0.0211 e. The van der Waals surface area contributed by atoms with Gasteiger partial charge in [-0.05, 0) is 0 Å². The minimum absolute atomic E-state index is 0.826. The molecule has 0 aromatic carbocycles. The SMILES string of the molecule is C#CCCNCCSCC=C. The van der Waals surface area contributed by atoms with E-state index in [-0.39, 0.29) is 0 Å². The van der Waals surface area contributed by atoms with Crippen LogP contribution in [0.15, 0.2) is 12.7 Å². The van der Waals surface area contributed by atoms with E-state index in [9.17, 15) is 0 Å². The van der Waals surface area contributed by atoms with Crippen LogP contribution in [0.4, 0.5) is 0 Å². The molecule has 0 amide bonds. The molecule has 2 heteroatoms. The fourth-order valence-electron chi connectivity index (χ4n) is 0.597. The molecule has 1 nitrogen and oxygen atoms in total. The number of rotatable bonds is 7. The molecule has 0 heterocycles. The Kier molecular flexibility index (Phi) is 9.27. The maximum Gasteiger partial charge on any atom is 0.0211 e. The number of thioether (sulfide) groups is 1. The van der Waals surface area contributed by atoms with Crippen LogP contribution in [0, 0.1) is 12.3 Å². The Balaban J connectivity index is 2.80. The lowest BCUT2D eigenvalue weighted by atomic mass is 10.4. The van der Waals surface area contributed by atoms with E-state index < -0.39 is 0 Å². The van der Waals surface area contributed by atoms with Gasteiger partial charge in [0, 0.05) is 31.0 Å². The van der Waals surface area contributed by atoms with Crippen LogP contribution in [0.1, 0.15) is 6.42 Å². The van der Waals surface area contributed by atoms with Crippen LogP contribution in [-0.4, -0.2) is 24.6 Å². The van der Waals surface area contributed by atoms with Gasteiger partial charge < -0.3 is 5.32 Å². The first-order valence-electron chi connectivity index (χ1n) is 3.74. The predicted octanol–water partition coefficient (Wildman–Crippen LogP) is 1.52. The summed E-state index contributed by atoms with van der Waals surface area (Å²) in [5, 5.41) is 3.25. The van der Waals surface area contributed by atoms with Gasteiger partial charge in [-0.2, -0.15) is 11.8 Å². The molecule has 0 bridgehead atoms. The molecular formula is C9H15NS. The van der Waals surface area contributed by atoms with Crippen molar-refractivity contribution in [3.05, 3.63) is 12.7 Å². The molecule has 0 atom stereocenters. The fraction of sp³-hybridized carbons (Fsp3) is 0.556. The summed E-state index contributed by atoms with van der Waals surface area (Å²) in [5.41, 5.74) is 0. The second kappa shape index (κ2) is 9.61. The lowest BCUT2D eigenvalue weighted by Crippen LogP contribution is -2.17. The summed E-state index contributed by atoms with van der Waals surface area (Å²) in [6.07, 6.45) is 7.83. The lowest BCUT2D eigenvalue weighted by molar-refractivity contribution is 0.738. The van der Waals surface area contributed by atoms with Crippen molar-refractivity contribution in [1.82, 2.24) is 5.32 Å². The Bertz CT molecular complexity index is 126. The van der Waals surface area contributed by atoms with Crippen molar-refractivity contribution in [2.75, 3.05) is 24.6 Å².